The fourth-order valence-corrected chi connectivity index (χ4v) is 3.86. The lowest BCUT2D eigenvalue weighted by Crippen LogP contribution is -2.43. The van der Waals surface area contributed by atoms with Crippen LogP contribution in [-0.4, -0.2) is 52.9 Å². The van der Waals surface area contributed by atoms with Crippen LogP contribution in [0.2, 0.25) is 5.02 Å². The second-order valence-electron chi connectivity index (χ2n) is 7.87. The first-order valence-corrected chi connectivity index (χ1v) is 11.4. The van der Waals surface area contributed by atoms with Gasteiger partial charge in [-0.3, -0.25) is 19.8 Å². The number of nitro groups is 1. The van der Waals surface area contributed by atoms with Crippen molar-refractivity contribution in [1.82, 2.24) is 9.80 Å². The van der Waals surface area contributed by atoms with Gasteiger partial charge in [0.15, 0.2) is 0 Å². The number of non-ortho nitro benzene ring substituents is 1. The number of benzene rings is 2. The molecule has 2 rings (SSSR count). The molecule has 8 heteroatoms. The van der Waals surface area contributed by atoms with Crippen molar-refractivity contribution >= 4 is 28.9 Å². The minimum atomic E-state index is -0.409. The Hall–Kier alpha value is -2.48. The number of hydrogen-bond donors (Lipinski definition) is 1. The van der Waals surface area contributed by atoms with Gasteiger partial charge in [-0.1, -0.05) is 49.7 Å². The highest BCUT2D eigenvalue weighted by atomic mass is 35.5. The standard InChI is InChI=1S/C24H33ClN4O3/c1-5-27(6-2)15-8-16-28(17-20-11-13-21(14-12-20)29(31)32)19(4)24(30)26-23-18(3)9-7-10-22(23)25/h7,9-14,19H,5-6,8,15-17H2,1-4H3,(H,26,30). The Morgan fingerprint density at radius 1 is 1.12 bits per heavy atom. The van der Waals surface area contributed by atoms with Gasteiger partial charge in [0.25, 0.3) is 5.69 Å². The number of rotatable bonds is 12. The monoisotopic (exact) mass is 460 g/mol. The Balaban J connectivity index is 2.15. The summed E-state index contributed by atoms with van der Waals surface area (Å²) in [5, 5.41) is 14.4. The van der Waals surface area contributed by atoms with Gasteiger partial charge in [0.1, 0.15) is 0 Å². The molecule has 32 heavy (non-hydrogen) atoms. The Morgan fingerprint density at radius 3 is 2.34 bits per heavy atom. The van der Waals surface area contributed by atoms with E-state index in [1.54, 1.807) is 18.2 Å². The molecule has 0 aliphatic carbocycles. The molecule has 1 unspecified atom stereocenters. The van der Waals surface area contributed by atoms with Gasteiger partial charge in [-0.2, -0.15) is 0 Å². The van der Waals surface area contributed by atoms with E-state index in [1.165, 1.54) is 12.1 Å². The lowest BCUT2D eigenvalue weighted by molar-refractivity contribution is -0.384. The zero-order valence-electron chi connectivity index (χ0n) is 19.3. The van der Waals surface area contributed by atoms with Crippen LogP contribution in [0.4, 0.5) is 11.4 Å². The van der Waals surface area contributed by atoms with Gasteiger partial charge in [0.2, 0.25) is 5.91 Å². The number of nitrogens with zero attached hydrogens (tertiary/aromatic N) is 3. The molecule has 1 atom stereocenters. The number of carbonyl (C=O) groups is 1. The maximum Gasteiger partial charge on any atom is 0.269 e. The molecule has 1 amide bonds. The van der Waals surface area contributed by atoms with Crippen molar-refractivity contribution < 1.29 is 9.72 Å². The lowest BCUT2D eigenvalue weighted by atomic mass is 10.1. The predicted octanol–water partition coefficient (Wildman–Crippen LogP) is 5.12. The summed E-state index contributed by atoms with van der Waals surface area (Å²) in [5.41, 5.74) is 2.51. The Labute approximate surface area is 195 Å². The summed E-state index contributed by atoms with van der Waals surface area (Å²) in [5.74, 6) is -0.133. The zero-order chi connectivity index (χ0) is 23.7. The molecule has 0 heterocycles. The summed E-state index contributed by atoms with van der Waals surface area (Å²) >= 11 is 6.29. The molecule has 0 radical (unpaired) electrons. The van der Waals surface area contributed by atoms with Gasteiger partial charge in [0, 0.05) is 25.2 Å². The summed E-state index contributed by atoms with van der Waals surface area (Å²) in [6, 6.07) is 11.6. The second kappa shape index (κ2) is 12.5. The highest BCUT2D eigenvalue weighted by molar-refractivity contribution is 6.34. The number of halogens is 1. The van der Waals surface area contributed by atoms with Gasteiger partial charge in [0.05, 0.1) is 21.7 Å². The van der Waals surface area contributed by atoms with E-state index in [-0.39, 0.29) is 11.6 Å². The average Bonchev–Trinajstić information content (AvgIpc) is 2.78. The van der Waals surface area contributed by atoms with Crippen LogP contribution >= 0.6 is 11.6 Å². The fourth-order valence-electron chi connectivity index (χ4n) is 3.59. The number of aryl methyl sites for hydroxylation is 1. The molecule has 7 nitrogen and oxygen atoms in total. The number of hydrogen-bond acceptors (Lipinski definition) is 5. The maximum atomic E-state index is 13.1. The third-order valence-electron chi connectivity index (χ3n) is 5.74. The number of carbonyl (C=O) groups excluding carboxylic acids is 1. The van der Waals surface area contributed by atoms with Crippen molar-refractivity contribution in [3.8, 4) is 0 Å². The van der Waals surface area contributed by atoms with Crippen molar-refractivity contribution in [2.45, 2.75) is 46.7 Å². The van der Waals surface area contributed by atoms with Crippen LogP contribution in [0.5, 0.6) is 0 Å². The molecular formula is C24H33ClN4O3. The van der Waals surface area contributed by atoms with Crippen LogP contribution in [0.15, 0.2) is 42.5 Å². The molecule has 2 aromatic carbocycles. The molecule has 0 fully saturated rings. The van der Waals surface area contributed by atoms with E-state index in [0.29, 0.717) is 17.3 Å². The fraction of sp³-hybridized carbons (Fsp3) is 0.458. The zero-order valence-corrected chi connectivity index (χ0v) is 20.1. The predicted molar refractivity (Wildman–Crippen MR) is 130 cm³/mol. The van der Waals surface area contributed by atoms with Crippen molar-refractivity contribution in [1.29, 1.82) is 0 Å². The van der Waals surface area contributed by atoms with Crippen LogP contribution in [0.3, 0.4) is 0 Å². The average molecular weight is 461 g/mol. The number of para-hydroxylation sites is 1. The summed E-state index contributed by atoms with van der Waals surface area (Å²) in [7, 11) is 0. The van der Waals surface area contributed by atoms with Crippen molar-refractivity contribution in [3.05, 3.63) is 68.7 Å². The molecule has 0 aromatic heterocycles. The Kier molecular flexibility index (Phi) is 10.1. The summed E-state index contributed by atoms with van der Waals surface area (Å²) in [4.78, 5) is 28.1. The van der Waals surface area contributed by atoms with E-state index in [1.807, 2.05) is 26.0 Å². The largest absolute Gasteiger partial charge is 0.323 e. The quantitative estimate of drug-likeness (QED) is 0.351. The molecular weight excluding hydrogens is 428 g/mol. The molecule has 0 aliphatic rings. The van der Waals surface area contributed by atoms with Crippen LogP contribution in [0.25, 0.3) is 0 Å². The van der Waals surface area contributed by atoms with Gasteiger partial charge in [-0.25, -0.2) is 0 Å². The Morgan fingerprint density at radius 2 is 1.78 bits per heavy atom. The van der Waals surface area contributed by atoms with Crippen LogP contribution in [-0.2, 0) is 11.3 Å². The van der Waals surface area contributed by atoms with Gasteiger partial charge >= 0.3 is 0 Å². The van der Waals surface area contributed by atoms with Crippen molar-refractivity contribution in [3.63, 3.8) is 0 Å². The summed E-state index contributed by atoms with van der Waals surface area (Å²) in [6.45, 7) is 12.2. The van der Waals surface area contributed by atoms with E-state index in [4.69, 9.17) is 11.6 Å². The first kappa shape index (κ1) is 25.8. The first-order valence-electron chi connectivity index (χ1n) is 11.0. The van der Waals surface area contributed by atoms with E-state index < -0.39 is 11.0 Å². The van der Waals surface area contributed by atoms with Crippen molar-refractivity contribution in [2.24, 2.45) is 0 Å². The molecule has 0 saturated carbocycles. The van der Waals surface area contributed by atoms with Crippen LogP contribution in [0.1, 0.15) is 38.3 Å². The molecule has 2 aromatic rings. The Bertz CT molecular complexity index is 880. The van der Waals surface area contributed by atoms with Gasteiger partial charge < -0.3 is 10.2 Å². The molecule has 0 spiro atoms. The summed E-state index contributed by atoms with van der Waals surface area (Å²) in [6.07, 6.45) is 0.914. The minimum absolute atomic E-state index is 0.0572. The van der Waals surface area contributed by atoms with Gasteiger partial charge in [-0.15, -0.1) is 0 Å². The number of anilines is 1. The highest BCUT2D eigenvalue weighted by Gasteiger charge is 2.23. The maximum absolute atomic E-state index is 13.1. The second-order valence-corrected chi connectivity index (χ2v) is 8.28. The molecule has 0 bridgehead atoms. The number of nitrogens with one attached hydrogen (secondary N) is 1. The normalized spacial score (nSPS) is 12.2. The van der Waals surface area contributed by atoms with E-state index >= 15 is 0 Å². The number of nitro benzene ring substituents is 1. The van der Waals surface area contributed by atoms with E-state index in [0.717, 1.165) is 43.7 Å². The lowest BCUT2D eigenvalue weighted by Gasteiger charge is -2.29. The number of amides is 1. The first-order chi connectivity index (χ1) is 15.3. The minimum Gasteiger partial charge on any atom is -0.323 e. The molecule has 0 saturated heterocycles. The van der Waals surface area contributed by atoms with Gasteiger partial charge in [-0.05, 0) is 57.1 Å². The third-order valence-corrected chi connectivity index (χ3v) is 6.06. The van der Waals surface area contributed by atoms with Crippen molar-refractivity contribution in [2.75, 3.05) is 31.5 Å². The van der Waals surface area contributed by atoms with Crippen LogP contribution < -0.4 is 5.32 Å². The SMILES string of the molecule is CCN(CC)CCCN(Cc1ccc([N+](=O)[O-])cc1)C(C)C(=O)Nc1c(C)cccc1Cl. The summed E-state index contributed by atoms with van der Waals surface area (Å²) < 4.78 is 0. The third kappa shape index (κ3) is 7.29. The smallest absolute Gasteiger partial charge is 0.269 e. The molecule has 174 valence electrons. The van der Waals surface area contributed by atoms with Crippen LogP contribution in [0, 0.1) is 17.0 Å². The van der Waals surface area contributed by atoms with E-state index in [9.17, 15) is 14.9 Å². The van der Waals surface area contributed by atoms with E-state index in [2.05, 4.69) is 29.0 Å². The topological polar surface area (TPSA) is 78.7 Å². The molecule has 1 N–H and O–H groups in total. The molecule has 0 aliphatic heterocycles. The highest BCUT2D eigenvalue weighted by Crippen LogP contribution is 2.26.